The summed E-state index contributed by atoms with van der Waals surface area (Å²) in [5.74, 6) is 0.834. The van der Waals surface area contributed by atoms with Crippen LogP contribution in [-0.2, 0) is 12.2 Å². The Kier molecular flexibility index (Phi) is 3.88. The van der Waals surface area contributed by atoms with Gasteiger partial charge < -0.3 is 0 Å². The predicted octanol–water partition coefficient (Wildman–Crippen LogP) is 2.73. The maximum atomic E-state index is 4.26. The third-order valence-electron chi connectivity index (χ3n) is 2.15. The van der Waals surface area contributed by atoms with Crippen LogP contribution in [0.1, 0.15) is 18.3 Å². The van der Waals surface area contributed by atoms with Crippen LogP contribution in [0.15, 0.2) is 41.6 Å². The number of rotatable bonds is 4. The molecule has 0 aliphatic carbocycles. The number of aryl methyl sites for hydroxylation is 1. The third-order valence-corrected chi connectivity index (χ3v) is 3.11. The summed E-state index contributed by atoms with van der Waals surface area (Å²) >= 11 is 1.66. The molecule has 0 atom stereocenters. The zero-order valence-corrected chi connectivity index (χ0v) is 9.94. The van der Waals surface area contributed by atoms with Crippen molar-refractivity contribution < 1.29 is 0 Å². The van der Waals surface area contributed by atoms with Crippen LogP contribution in [0, 0.1) is 0 Å². The average Bonchev–Trinajstić information content (AvgIpc) is 2.38. The molecule has 0 aliphatic heterocycles. The van der Waals surface area contributed by atoms with Crippen molar-refractivity contribution in [2.75, 3.05) is 0 Å². The fraction of sp³-hybridized carbons (Fsp3) is 0.250. The van der Waals surface area contributed by atoms with Crippen LogP contribution in [0.2, 0.25) is 0 Å². The van der Waals surface area contributed by atoms with Gasteiger partial charge in [-0.1, -0.05) is 24.8 Å². The Morgan fingerprint density at radius 1 is 1.06 bits per heavy atom. The number of hydrogen-bond acceptors (Lipinski definition) is 4. The molecule has 0 radical (unpaired) electrons. The van der Waals surface area contributed by atoms with Crippen molar-refractivity contribution in [3.05, 3.63) is 47.9 Å². The molecule has 0 unspecified atom stereocenters. The van der Waals surface area contributed by atoms with Gasteiger partial charge in [-0.3, -0.25) is 4.98 Å². The van der Waals surface area contributed by atoms with E-state index in [1.165, 1.54) is 0 Å². The molecule has 16 heavy (non-hydrogen) atoms. The highest BCUT2D eigenvalue weighted by Crippen LogP contribution is 2.18. The van der Waals surface area contributed by atoms with E-state index in [4.69, 9.17) is 0 Å². The molecule has 0 aromatic carbocycles. The van der Waals surface area contributed by atoms with Gasteiger partial charge in [0.1, 0.15) is 5.03 Å². The molecule has 0 amide bonds. The number of aromatic nitrogens is 3. The van der Waals surface area contributed by atoms with Gasteiger partial charge in [0.15, 0.2) is 0 Å². The van der Waals surface area contributed by atoms with E-state index in [0.29, 0.717) is 0 Å². The zero-order valence-electron chi connectivity index (χ0n) is 9.13. The number of pyridine rings is 1. The van der Waals surface area contributed by atoms with Gasteiger partial charge in [-0.15, -0.1) is 5.10 Å². The van der Waals surface area contributed by atoms with Crippen molar-refractivity contribution in [3.8, 4) is 0 Å². The molecule has 0 saturated heterocycles. The first kappa shape index (κ1) is 11.1. The lowest BCUT2D eigenvalue weighted by Crippen LogP contribution is -1.92. The second kappa shape index (κ2) is 5.61. The minimum Gasteiger partial charge on any atom is -0.260 e. The van der Waals surface area contributed by atoms with E-state index in [2.05, 4.69) is 22.1 Å². The molecule has 0 N–H and O–H groups in total. The van der Waals surface area contributed by atoms with Crippen LogP contribution in [0.4, 0.5) is 0 Å². The molecular formula is C12H13N3S. The van der Waals surface area contributed by atoms with Crippen molar-refractivity contribution in [1.82, 2.24) is 15.2 Å². The molecule has 3 nitrogen and oxygen atoms in total. The molecule has 0 fully saturated rings. The summed E-state index contributed by atoms with van der Waals surface area (Å²) in [7, 11) is 0. The highest BCUT2D eigenvalue weighted by atomic mass is 32.2. The highest BCUT2D eigenvalue weighted by Gasteiger charge is 1.99. The molecule has 82 valence electrons. The molecule has 4 heteroatoms. The summed E-state index contributed by atoms with van der Waals surface area (Å²) in [6.07, 6.45) is 2.74. The van der Waals surface area contributed by atoms with E-state index in [9.17, 15) is 0 Å². The molecule has 2 rings (SSSR count). The lowest BCUT2D eigenvalue weighted by atomic mass is 10.3. The lowest BCUT2D eigenvalue weighted by molar-refractivity contribution is 0.858. The van der Waals surface area contributed by atoms with Crippen molar-refractivity contribution in [2.45, 2.75) is 24.1 Å². The summed E-state index contributed by atoms with van der Waals surface area (Å²) in [5, 5.41) is 9.22. The van der Waals surface area contributed by atoms with Gasteiger partial charge in [0.25, 0.3) is 0 Å². The normalized spacial score (nSPS) is 10.3. The van der Waals surface area contributed by atoms with Crippen molar-refractivity contribution in [3.63, 3.8) is 0 Å². The van der Waals surface area contributed by atoms with E-state index >= 15 is 0 Å². The van der Waals surface area contributed by atoms with Crippen molar-refractivity contribution in [2.24, 2.45) is 0 Å². The fourth-order valence-corrected chi connectivity index (χ4v) is 1.97. The van der Waals surface area contributed by atoms with Gasteiger partial charge in [-0.05, 0) is 30.7 Å². The molecular weight excluding hydrogens is 218 g/mol. The molecule has 2 heterocycles. The predicted molar refractivity (Wildman–Crippen MR) is 65.2 cm³/mol. The highest BCUT2D eigenvalue weighted by molar-refractivity contribution is 7.98. The van der Waals surface area contributed by atoms with Crippen LogP contribution >= 0.6 is 11.8 Å². The Morgan fingerprint density at radius 3 is 2.62 bits per heavy atom. The van der Waals surface area contributed by atoms with Gasteiger partial charge in [0, 0.05) is 11.9 Å². The molecule has 0 bridgehead atoms. The van der Waals surface area contributed by atoms with Gasteiger partial charge in [-0.2, -0.15) is 5.10 Å². The topological polar surface area (TPSA) is 38.7 Å². The van der Waals surface area contributed by atoms with Crippen LogP contribution in [0.3, 0.4) is 0 Å². The Bertz CT molecular complexity index is 428. The van der Waals surface area contributed by atoms with Gasteiger partial charge in [0.2, 0.25) is 0 Å². The fourth-order valence-electron chi connectivity index (χ4n) is 1.24. The first-order chi connectivity index (χ1) is 7.88. The Morgan fingerprint density at radius 2 is 2.00 bits per heavy atom. The maximum absolute atomic E-state index is 4.26. The molecule has 0 aliphatic rings. The van der Waals surface area contributed by atoms with Crippen LogP contribution in [0.25, 0.3) is 0 Å². The maximum Gasteiger partial charge on any atom is 0.119 e. The minimum absolute atomic E-state index is 0.834. The second-order valence-electron chi connectivity index (χ2n) is 3.33. The average molecular weight is 231 g/mol. The number of thioether (sulfide) groups is 1. The number of nitrogens with zero attached hydrogens (tertiary/aromatic N) is 3. The zero-order chi connectivity index (χ0) is 11.2. The van der Waals surface area contributed by atoms with E-state index in [0.717, 1.165) is 28.6 Å². The first-order valence-electron chi connectivity index (χ1n) is 5.24. The Hall–Kier alpha value is -1.42. The van der Waals surface area contributed by atoms with Gasteiger partial charge >= 0.3 is 0 Å². The van der Waals surface area contributed by atoms with Crippen molar-refractivity contribution >= 4 is 11.8 Å². The van der Waals surface area contributed by atoms with Crippen LogP contribution in [-0.4, -0.2) is 15.2 Å². The molecule has 2 aromatic heterocycles. The molecule has 0 saturated carbocycles. The Labute approximate surface area is 99.3 Å². The monoisotopic (exact) mass is 231 g/mol. The summed E-state index contributed by atoms with van der Waals surface area (Å²) in [5.41, 5.74) is 2.09. The van der Waals surface area contributed by atoms with Crippen molar-refractivity contribution in [1.29, 1.82) is 0 Å². The standard InChI is InChI=1S/C12H13N3S/c1-2-10-6-7-12(15-14-10)16-9-11-5-3-4-8-13-11/h3-8H,2,9H2,1H3. The number of hydrogen-bond donors (Lipinski definition) is 0. The largest absolute Gasteiger partial charge is 0.260 e. The lowest BCUT2D eigenvalue weighted by Gasteiger charge is -2.00. The summed E-state index contributed by atoms with van der Waals surface area (Å²) < 4.78 is 0. The quantitative estimate of drug-likeness (QED) is 0.758. The molecule has 0 spiro atoms. The van der Waals surface area contributed by atoms with E-state index < -0.39 is 0 Å². The Balaban J connectivity index is 1.94. The first-order valence-corrected chi connectivity index (χ1v) is 6.22. The summed E-state index contributed by atoms with van der Waals surface area (Å²) in [6, 6.07) is 9.97. The van der Waals surface area contributed by atoms with Crippen LogP contribution in [0.5, 0.6) is 0 Å². The van der Waals surface area contributed by atoms with E-state index in [-0.39, 0.29) is 0 Å². The van der Waals surface area contributed by atoms with E-state index in [1.54, 1.807) is 11.8 Å². The van der Waals surface area contributed by atoms with Gasteiger partial charge in [-0.25, -0.2) is 0 Å². The second-order valence-corrected chi connectivity index (χ2v) is 4.32. The third kappa shape index (κ3) is 3.03. The summed E-state index contributed by atoms with van der Waals surface area (Å²) in [6.45, 7) is 2.07. The molecule has 2 aromatic rings. The van der Waals surface area contributed by atoms with Crippen LogP contribution < -0.4 is 0 Å². The smallest absolute Gasteiger partial charge is 0.119 e. The van der Waals surface area contributed by atoms with Gasteiger partial charge in [0.05, 0.1) is 11.4 Å². The SMILES string of the molecule is CCc1ccc(SCc2ccccn2)nn1. The minimum atomic E-state index is 0.834. The summed E-state index contributed by atoms with van der Waals surface area (Å²) in [4.78, 5) is 4.26. The van der Waals surface area contributed by atoms with E-state index in [1.807, 2.05) is 36.5 Å².